The summed E-state index contributed by atoms with van der Waals surface area (Å²) in [5.74, 6) is -1.12. The summed E-state index contributed by atoms with van der Waals surface area (Å²) in [4.78, 5) is 23.5. The molecule has 0 unspecified atom stereocenters. The van der Waals surface area contributed by atoms with E-state index in [4.69, 9.17) is 14.2 Å². The van der Waals surface area contributed by atoms with Crippen LogP contribution < -0.4 is 14.2 Å². The number of carbonyl (C=O) groups is 1. The summed E-state index contributed by atoms with van der Waals surface area (Å²) < 4.78 is 42.5. The van der Waals surface area contributed by atoms with Crippen LogP contribution >= 0.6 is 0 Å². The summed E-state index contributed by atoms with van der Waals surface area (Å²) in [6.45, 7) is 3.29. The third-order valence-corrected chi connectivity index (χ3v) is 6.39. The Labute approximate surface area is 192 Å². The van der Waals surface area contributed by atoms with Crippen molar-refractivity contribution in [3.05, 3.63) is 41.5 Å². The minimum absolute atomic E-state index is 0.167. The fraction of sp³-hybridized carbons (Fsp3) is 0.542. The van der Waals surface area contributed by atoms with E-state index in [1.54, 1.807) is 18.1 Å². The predicted molar refractivity (Wildman–Crippen MR) is 117 cm³/mol. The molecular weight excluding hydrogens is 432 g/mol. The molecule has 2 fully saturated rings. The van der Waals surface area contributed by atoms with Crippen LogP contribution in [0.15, 0.2) is 24.5 Å². The Morgan fingerprint density at radius 2 is 1.76 bits per heavy atom. The maximum absolute atomic E-state index is 13.0. The van der Waals surface area contributed by atoms with Gasteiger partial charge in [-0.1, -0.05) is 0 Å². The minimum atomic E-state index is -2.58. The second-order valence-corrected chi connectivity index (χ2v) is 8.80. The molecule has 4 rings (SSSR count). The van der Waals surface area contributed by atoms with Crippen molar-refractivity contribution in [1.82, 2.24) is 14.9 Å². The number of alkyl halides is 2. The molecule has 3 heterocycles. The zero-order valence-corrected chi connectivity index (χ0v) is 19.1. The number of piperidine rings is 1. The number of likely N-dealkylation sites (tertiary alicyclic amines) is 1. The summed E-state index contributed by atoms with van der Waals surface area (Å²) in [6.07, 6.45) is 4.57. The largest absolute Gasteiger partial charge is 0.496 e. The Hall–Kier alpha value is -2.97. The number of aryl methyl sites for hydroxylation is 1. The molecule has 1 aliphatic carbocycles. The summed E-state index contributed by atoms with van der Waals surface area (Å²) >= 11 is 0. The van der Waals surface area contributed by atoms with E-state index in [0.29, 0.717) is 24.6 Å². The van der Waals surface area contributed by atoms with Crippen molar-refractivity contribution in [2.45, 2.75) is 44.4 Å². The quantitative estimate of drug-likeness (QED) is 0.614. The summed E-state index contributed by atoms with van der Waals surface area (Å²) in [5, 5.41) is 0. The van der Waals surface area contributed by atoms with Gasteiger partial charge in [0.25, 0.3) is 5.91 Å². The van der Waals surface area contributed by atoms with Gasteiger partial charge < -0.3 is 19.1 Å². The molecule has 0 atom stereocenters. The molecule has 7 nitrogen and oxygen atoms in total. The highest BCUT2D eigenvalue weighted by atomic mass is 19.3. The zero-order chi connectivity index (χ0) is 23.6. The lowest BCUT2D eigenvalue weighted by Gasteiger charge is -2.34. The van der Waals surface area contributed by atoms with Crippen LogP contribution in [0.25, 0.3) is 0 Å². The van der Waals surface area contributed by atoms with Crippen molar-refractivity contribution in [1.29, 1.82) is 0 Å². The lowest BCUT2D eigenvalue weighted by molar-refractivity contribution is -0.119. The first-order valence-corrected chi connectivity index (χ1v) is 11.1. The lowest BCUT2D eigenvalue weighted by atomic mass is 9.82. The zero-order valence-electron chi connectivity index (χ0n) is 19.1. The van der Waals surface area contributed by atoms with E-state index < -0.39 is 5.92 Å². The van der Waals surface area contributed by atoms with Gasteiger partial charge in [0.2, 0.25) is 5.92 Å². The molecule has 2 aromatic rings. The number of hydrogen-bond acceptors (Lipinski definition) is 6. The first-order valence-electron chi connectivity index (χ1n) is 11.1. The van der Waals surface area contributed by atoms with Crippen LogP contribution in [-0.4, -0.2) is 60.6 Å². The smallest absolute Gasteiger partial charge is 0.272 e. The third kappa shape index (κ3) is 5.17. The number of methoxy groups -OCH3 is 2. The van der Waals surface area contributed by atoms with Gasteiger partial charge in [0, 0.05) is 61.4 Å². The summed E-state index contributed by atoms with van der Waals surface area (Å²) in [5.41, 5.74) is 2.24. The Morgan fingerprint density at radius 1 is 1.06 bits per heavy atom. The Morgan fingerprint density at radius 3 is 2.39 bits per heavy atom. The number of carbonyl (C=O) groups excluding carboxylic acids is 1. The van der Waals surface area contributed by atoms with Gasteiger partial charge in [-0.05, 0) is 25.7 Å². The van der Waals surface area contributed by atoms with Crippen LogP contribution in [0.3, 0.4) is 0 Å². The van der Waals surface area contributed by atoms with Crippen LogP contribution in [0, 0.1) is 12.8 Å². The average Bonchev–Trinajstić information content (AvgIpc) is 2.80. The first kappa shape index (κ1) is 23.2. The van der Waals surface area contributed by atoms with Gasteiger partial charge in [0.1, 0.15) is 11.4 Å². The molecule has 178 valence electrons. The molecule has 1 saturated carbocycles. The van der Waals surface area contributed by atoms with Crippen molar-refractivity contribution in [2.75, 3.05) is 33.9 Å². The fourth-order valence-corrected chi connectivity index (χ4v) is 4.50. The van der Waals surface area contributed by atoms with E-state index >= 15 is 0 Å². The molecule has 0 bridgehead atoms. The normalized spacial score (nSPS) is 18.5. The van der Waals surface area contributed by atoms with Gasteiger partial charge >= 0.3 is 0 Å². The SMILES string of the molecule is COc1cc(C(=O)N2CCC(c3cnc(C)cc3OC)CC2)ncc1OCC1CC(F)(F)C1. The Kier molecular flexibility index (Phi) is 6.67. The van der Waals surface area contributed by atoms with Crippen LogP contribution in [-0.2, 0) is 0 Å². The second kappa shape index (κ2) is 9.49. The summed E-state index contributed by atoms with van der Waals surface area (Å²) in [7, 11) is 3.13. The van der Waals surface area contributed by atoms with E-state index in [1.807, 2.05) is 19.2 Å². The second-order valence-electron chi connectivity index (χ2n) is 8.80. The number of rotatable bonds is 7. The van der Waals surface area contributed by atoms with E-state index in [1.165, 1.54) is 13.3 Å². The monoisotopic (exact) mass is 461 g/mol. The van der Waals surface area contributed by atoms with Gasteiger partial charge in [-0.15, -0.1) is 0 Å². The molecule has 1 amide bonds. The van der Waals surface area contributed by atoms with Crippen LogP contribution in [0.2, 0.25) is 0 Å². The number of halogens is 2. The molecular formula is C24H29F2N3O4. The molecule has 0 radical (unpaired) electrons. The standard InChI is InChI=1S/C24H29F2N3O4/c1-15-8-20(31-2)18(12-27-15)17-4-6-29(7-5-17)23(30)19-9-21(32-3)22(13-28-19)33-14-16-10-24(25,26)11-16/h8-9,12-13,16-17H,4-7,10-11,14H2,1-3H3. The topological polar surface area (TPSA) is 73.8 Å². The average molecular weight is 462 g/mol. The molecule has 0 spiro atoms. The molecule has 0 aromatic carbocycles. The maximum atomic E-state index is 13.0. The van der Waals surface area contributed by atoms with Crippen molar-refractivity contribution < 1.29 is 27.8 Å². The first-order chi connectivity index (χ1) is 15.8. The highest BCUT2D eigenvalue weighted by molar-refractivity contribution is 5.93. The third-order valence-electron chi connectivity index (χ3n) is 6.39. The van der Waals surface area contributed by atoms with Gasteiger partial charge in [-0.25, -0.2) is 13.8 Å². The van der Waals surface area contributed by atoms with E-state index in [2.05, 4.69) is 9.97 Å². The number of amides is 1. The molecule has 1 saturated heterocycles. The Balaban J connectivity index is 1.36. The maximum Gasteiger partial charge on any atom is 0.272 e. The van der Waals surface area contributed by atoms with Gasteiger partial charge in [0.15, 0.2) is 11.5 Å². The predicted octanol–water partition coefficient (Wildman–Crippen LogP) is 4.25. The van der Waals surface area contributed by atoms with E-state index in [0.717, 1.165) is 29.8 Å². The molecule has 0 N–H and O–H groups in total. The van der Waals surface area contributed by atoms with Crippen molar-refractivity contribution in [3.63, 3.8) is 0 Å². The number of hydrogen-bond donors (Lipinski definition) is 0. The van der Waals surface area contributed by atoms with E-state index in [9.17, 15) is 13.6 Å². The highest BCUT2D eigenvalue weighted by Gasteiger charge is 2.45. The molecule has 33 heavy (non-hydrogen) atoms. The molecule has 2 aromatic heterocycles. The van der Waals surface area contributed by atoms with Gasteiger partial charge in [0.05, 0.1) is 27.0 Å². The van der Waals surface area contributed by atoms with Crippen LogP contribution in [0.4, 0.5) is 8.78 Å². The van der Waals surface area contributed by atoms with Crippen molar-refractivity contribution in [2.24, 2.45) is 5.92 Å². The van der Waals surface area contributed by atoms with Crippen molar-refractivity contribution in [3.8, 4) is 17.2 Å². The van der Waals surface area contributed by atoms with Gasteiger partial charge in [-0.2, -0.15) is 0 Å². The molecule has 9 heteroatoms. The Bertz CT molecular complexity index is 1000. The number of nitrogens with zero attached hydrogens (tertiary/aromatic N) is 3. The fourth-order valence-electron chi connectivity index (χ4n) is 4.50. The highest BCUT2D eigenvalue weighted by Crippen LogP contribution is 2.43. The van der Waals surface area contributed by atoms with Crippen LogP contribution in [0.1, 0.15) is 53.3 Å². The molecule has 2 aliphatic rings. The number of pyridine rings is 2. The van der Waals surface area contributed by atoms with Crippen molar-refractivity contribution >= 4 is 5.91 Å². The van der Waals surface area contributed by atoms with Crippen LogP contribution in [0.5, 0.6) is 17.2 Å². The minimum Gasteiger partial charge on any atom is -0.496 e. The number of ether oxygens (including phenoxy) is 3. The molecule has 1 aliphatic heterocycles. The van der Waals surface area contributed by atoms with E-state index in [-0.39, 0.29) is 42.9 Å². The summed E-state index contributed by atoms with van der Waals surface area (Å²) in [6, 6.07) is 3.48. The van der Waals surface area contributed by atoms with Gasteiger partial charge in [-0.3, -0.25) is 9.78 Å². The lowest BCUT2D eigenvalue weighted by Crippen LogP contribution is -2.38. The number of aromatic nitrogens is 2.